The van der Waals surface area contributed by atoms with E-state index in [-0.39, 0.29) is 0 Å². The lowest BCUT2D eigenvalue weighted by molar-refractivity contribution is 0.494. The van der Waals surface area contributed by atoms with Gasteiger partial charge in [0.1, 0.15) is 0 Å². The van der Waals surface area contributed by atoms with E-state index < -0.39 is 0 Å². The highest BCUT2D eigenvalue weighted by Crippen LogP contribution is 2.25. The Balaban J connectivity index is 1.68. The van der Waals surface area contributed by atoms with Gasteiger partial charge in [-0.25, -0.2) is 4.98 Å². The second-order valence-corrected chi connectivity index (χ2v) is 6.95. The third-order valence-corrected chi connectivity index (χ3v) is 4.96. The molecule has 2 heterocycles. The van der Waals surface area contributed by atoms with Gasteiger partial charge in [-0.05, 0) is 35.2 Å². The van der Waals surface area contributed by atoms with Crippen LogP contribution < -0.4 is 0 Å². The predicted molar refractivity (Wildman–Crippen MR) is 101 cm³/mol. The second-order valence-electron chi connectivity index (χ2n) is 6.03. The third-order valence-electron chi connectivity index (χ3n) is 4.43. The van der Waals surface area contributed by atoms with Crippen molar-refractivity contribution in [3.8, 4) is 0 Å². The van der Waals surface area contributed by atoms with Gasteiger partial charge >= 0.3 is 0 Å². The van der Waals surface area contributed by atoms with Crippen molar-refractivity contribution in [1.82, 2.24) is 14.1 Å². The molecule has 0 spiro atoms. The predicted octanol–water partition coefficient (Wildman–Crippen LogP) is 5.08. The monoisotopic (exact) mass is 379 g/mol. The van der Waals surface area contributed by atoms with Crippen molar-refractivity contribution in [3.05, 3.63) is 89.6 Å². The van der Waals surface area contributed by atoms with Gasteiger partial charge in [-0.1, -0.05) is 46.3 Å². The van der Waals surface area contributed by atoms with Crippen LogP contribution in [-0.2, 0) is 13.1 Å². The molecule has 120 valence electrons. The van der Waals surface area contributed by atoms with E-state index in [2.05, 4.69) is 90.8 Å². The fourth-order valence-electron chi connectivity index (χ4n) is 3.19. The van der Waals surface area contributed by atoms with Crippen LogP contribution in [0.3, 0.4) is 0 Å². The summed E-state index contributed by atoms with van der Waals surface area (Å²) in [6.45, 7) is 1.85. The van der Waals surface area contributed by atoms with Crippen molar-refractivity contribution in [1.29, 1.82) is 0 Å². The molecule has 24 heavy (non-hydrogen) atoms. The van der Waals surface area contributed by atoms with Crippen LogP contribution in [0.25, 0.3) is 10.9 Å². The topological polar surface area (TPSA) is 22.8 Å². The Bertz CT molecular complexity index is 923. The summed E-state index contributed by atoms with van der Waals surface area (Å²) in [7, 11) is 0. The lowest BCUT2D eigenvalue weighted by Crippen LogP contribution is -2.14. The Labute approximate surface area is 149 Å². The van der Waals surface area contributed by atoms with Crippen LogP contribution in [0.2, 0.25) is 0 Å². The van der Waals surface area contributed by atoms with Gasteiger partial charge in [-0.15, -0.1) is 0 Å². The summed E-state index contributed by atoms with van der Waals surface area (Å²) < 4.78 is 5.61. The minimum atomic E-state index is 0.378. The largest absolute Gasteiger partial charge is 0.347 e. The van der Waals surface area contributed by atoms with Gasteiger partial charge in [0.25, 0.3) is 0 Å². The highest BCUT2D eigenvalue weighted by Gasteiger charge is 2.14. The zero-order chi connectivity index (χ0) is 16.4. The minimum absolute atomic E-state index is 0.378. The summed E-state index contributed by atoms with van der Waals surface area (Å²) >= 11 is 3.53. The number of hydrogen-bond acceptors (Lipinski definition) is 1. The first-order chi connectivity index (χ1) is 11.8. The van der Waals surface area contributed by atoms with E-state index in [1.54, 1.807) is 0 Å². The number of para-hydroxylation sites is 1. The first-order valence-corrected chi connectivity index (χ1v) is 8.84. The zero-order valence-electron chi connectivity index (χ0n) is 13.2. The van der Waals surface area contributed by atoms with Crippen LogP contribution in [0.5, 0.6) is 0 Å². The Kier molecular flexibility index (Phi) is 4.22. The summed E-state index contributed by atoms with van der Waals surface area (Å²) in [5.41, 5.74) is 2.62. The van der Waals surface area contributed by atoms with E-state index in [9.17, 15) is 0 Å². The molecule has 2 aromatic heterocycles. The molecule has 0 amide bonds. The van der Waals surface area contributed by atoms with Crippen LogP contribution in [0.4, 0.5) is 0 Å². The Morgan fingerprint density at radius 2 is 1.75 bits per heavy atom. The van der Waals surface area contributed by atoms with Crippen molar-refractivity contribution in [2.24, 2.45) is 0 Å². The van der Waals surface area contributed by atoms with Crippen molar-refractivity contribution in [3.63, 3.8) is 0 Å². The molecule has 2 aromatic carbocycles. The number of hydrogen-bond donors (Lipinski definition) is 0. The molecule has 0 fully saturated rings. The number of aromatic nitrogens is 3. The van der Waals surface area contributed by atoms with Gasteiger partial charge in [-0.3, -0.25) is 0 Å². The Morgan fingerprint density at radius 1 is 0.917 bits per heavy atom. The average Bonchev–Trinajstić information content (AvgIpc) is 3.25. The van der Waals surface area contributed by atoms with E-state index >= 15 is 0 Å². The zero-order valence-corrected chi connectivity index (χ0v) is 14.8. The lowest BCUT2D eigenvalue weighted by atomic mass is 9.98. The molecular formula is C20H18BrN3. The summed E-state index contributed by atoms with van der Waals surface area (Å²) in [5.74, 6) is 0.378. The maximum atomic E-state index is 4.18. The molecule has 0 aliphatic carbocycles. The maximum Gasteiger partial charge on any atom is 0.0946 e. The second kappa shape index (κ2) is 6.65. The van der Waals surface area contributed by atoms with Gasteiger partial charge in [0.15, 0.2) is 0 Å². The van der Waals surface area contributed by atoms with Gasteiger partial charge < -0.3 is 9.13 Å². The highest BCUT2D eigenvalue weighted by atomic mass is 79.9. The van der Waals surface area contributed by atoms with Crippen molar-refractivity contribution >= 4 is 26.8 Å². The summed E-state index contributed by atoms with van der Waals surface area (Å²) in [6, 6.07) is 19.4. The standard InChI is InChI=1S/C20H18BrN3/c21-19-7-5-16(6-8-19)18(13-23-12-10-22-15-23)14-24-11-9-17-3-1-2-4-20(17)24/h1-12,15,18H,13-14H2. The summed E-state index contributed by atoms with van der Waals surface area (Å²) in [5, 5.41) is 1.29. The van der Waals surface area contributed by atoms with Crippen LogP contribution in [0, 0.1) is 0 Å². The van der Waals surface area contributed by atoms with Gasteiger partial charge in [0.05, 0.1) is 6.33 Å². The van der Waals surface area contributed by atoms with Crippen molar-refractivity contribution < 1.29 is 0 Å². The Morgan fingerprint density at radius 3 is 2.54 bits per heavy atom. The van der Waals surface area contributed by atoms with Gasteiger partial charge in [0.2, 0.25) is 0 Å². The lowest BCUT2D eigenvalue weighted by Gasteiger charge is -2.20. The number of halogens is 1. The first-order valence-electron chi connectivity index (χ1n) is 8.05. The fourth-order valence-corrected chi connectivity index (χ4v) is 3.45. The summed E-state index contributed by atoms with van der Waals surface area (Å²) in [4.78, 5) is 4.18. The number of nitrogens with zero attached hydrogens (tertiary/aromatic N) is 3. The molecule has 0 saturated heterocycles. The molecule has 4 rings (SSSR count). The van der Waals surface area contributed by atoms with Crippen LogP contribution >= 0.6 is 15.9 Å². The average molecular weight is 380 g/mol. The van der Waals surface area contributed by atoms with Gasteiger partial charge in [0, 0.05) is 47.6 Å². The van der Waals surface area contributed by atoms with E-state index in [1.807, 2.05) is 18.7 Å². The van der Waals surface area contributed by atoms with E-state index in [1.165, 1.54) is 16.5 Å². The maximum absolute atomic E-state index is 4.18. The molecule has 4 heteroatoms. The molecule has 0 radical (unpaired) electrons. The highest BCUT2D eigenvalue weighted by molar-refractivity contribution is 9.10. The number of benzene rings is 2. The van der Waals surface area contributed by atoms with Gasteiger partial charge in [-0.2, -0.15) is 0 Å². The van der Waals surface area contributed by atoms with Crippen LogP contribution in [0.1, 0.15) is 11.5 Å². The van der Waals surface area contributed by atoms with E-state index in [0.29, 0.717) is 5.92 Å². The molecule has 1 unspecified atom stereocenters. The van der Waals surface area contributed by atoms with E-state index in [4.69, 9.17) is 0 Å². The van der Waals surface area contributed by atoms with Crippen molar-refractivity contribution in [2.75, 3.05) is 0 Å². The Hall–Kier alpha value is -2.33. The smallest absolute Gasteiger partial charge is 0.0946 e. The number of rotatable bonds is 5. The van der Waals surface area contributed by atoms with Crippen molar-refractivity contribution in [2.45, 2.75) is 19.0 Å². The quantitative estimate of drug-likeness (QED) is 0.473. The summed E-state index contributed by atoms with van der Waals surface area (Å²) in [6.07, 6.45) is 7.94. The third kappa shape index (κ3) is 3.15. The SMILES string of the molecule is Brc1ccc(C(Cn2ccnc2)Cn2ccc3ccccc32)cc1. The molecule has 0 N–H and O–H groups in total. The molecule has 0 bridgehead atoms. The molecule has 3 nitrogen and oxygen atoms in total. The molecule has 0 aliphatic rings. The number of imidazole rings is 1. The van der Waals surface area contributed by atoms with Crippen LogP contribution in [0.15, 0.2) is 84.0 Å². The molecular weight excluding hydrogens is 362 g/mol. The molecule has 0 aliphatic heterocycles. The molecule has 1 atom stereocenters. The minimum Gasteiger partial charge on any atom is -0.347 e. The normalized spacial score (nSPS) is 12.5. The molecule has 4 aromatic rings. The van der Waals surface area contributed by atoms with E-state index in [0.717, 1.165) is 17.6 Å². The van der Waals surface area contributed by atoms with Crippen LogP contribution in [-0.4, -0.2) is 14.1 Å². The number of fused-ring (bicyclic) bond motifs is 1. The fraction of sp³-hybridized carbons (Fsp3) is 0.150. The first kappa shape index (κ1) is 15.2. The molecule has 0 saturated carbocycles.